The first-order valence-corrected chi connectivity index (χ1v) is 6.41. The lowest BCUT2D eigenvalue weighted by Crippen LogP contribution is -2.33. The number of anilines is 1. The van der Waals surface area contributed by atoms with Gasteiger partial charge in [-0.15, -0.1) is 0 Å². The minimum absolute atomic E-state index is 0.0438. The van der Waals surface area contributed by atoms with Gasteiger partial charge in [-0.1, -0.05) is 6.07 Å². The number of amides is 2. The summed E-state index contributed by atoms with van der Waals surface area (Å²) in [4.78, 5) is 21.9. The topological polar surface area (TPSA) is 98.7 Å². The van der Waals surface area contributed by atoms with Gasteiger partial charge in [-0.25, -0.2) is 9.59 Å². The van der Waals surface area contributed by atoms with Crippen LogP contribution in [0.3, 0.4) is 0 Å². The molecule has 104 valence electrons. The number of benzene rings is 1. The van der Waals surface area contributed by atoms with Crippen LogP contribution in [0.2, 0.25) is 0 Å². The smallest absolute Gasteiger partial charge is 0.332 e. The van der Waals surface area contributed by atoms with Crippen molar-refractivity contribution in [3.8, 4) is 0 Å². The highest BCUT2D eigenvalue weighted by Crippen LogP contribution is 2.23. The minimum Gasteiger partial charge on any atom is -0.479 e. The molecule has 2 amide bonds. The largest absolute Gasteiger partial charge is 0.479 e. The summed E-state index contributed by atoms with van der Waals surface area (Å²) in [6.07, 6.45) is -1.51. The number of aryl methyl sites for hydroxylation is 1. The summed E-state index contributed by atoms with van der Waals surface area (Å²) in [6, 6.07) is 5.02. The number of hydrogen-bond donors (Lipinski definition) is 4. The standard InChI is InChI=1S/C12H15BrN2O4/c1-7-2-3-9(8(13)6-7)15-12(19)14-5-4-10(16)11(17)18/h2-3,6,10,16H,4-5H2,1H3,(H,17,18)(H2,14,15,19). The normalized spacial score (nSPS) is 11.7. The van der Waals surface area contributed by atoms with Gasteiger partial charge in [0.25, 0.3) is 0 Å². The fraction of sp³-hybridized carbons (Fsp3) is 0.333. The molecule has 19 heavy (non-hydrogen) atoms. The van der Waals surface area contributed by atoms with Crippen LogP contribution in [0.4, 0.5) is 10.5 Å². The molecule has 1 rings (SSSR count). The number of hydrogen-bond acceptors (Lipinski definition) is 3. The number of carboxylic acids is 1. The van der Waals surface area contributed by atoms with E-state index in [9.17, 15) is 9.59 Å². The molecule has 0 saturated carbocycles. The number of halogens is 1. The van der Waals surface area contributed by atoms with E-state index in [1.54, 1.807) is 6.07 Å². The molecule has 1 unspecified atom stereocenters. The fourth-order valence-electron chi connectivity index (χ4n) is 1.33. The van der Waals surface area contributed by atoms with E-state index in [-0.39, 0.29) is 13.0 Å². The maximum absolute atomic E-state index is 11.5. The Balaban J connectivity index is 2.41. The summed E-state index contributed by atoms with van der Waals surface area (Å²) < 4.78 is 0.758. The van der Waals surface area contributed by atoms with Crippen molar-refractivity contribution in [2.45, 2.75) is 19.4 Å². The van der Waals surface area contributed by atoms with E-state index in [0.717, 1.165) is 10.0 Å². The summed E-state index contributed by atoms with van der Waals surface area (Å²) in [5.74, 6) is -1.30. The molecule has 1 atom stereocenters. The maximum atomic E-state index is 11.5. The highest BCUT2D eigenvalue weighted by atomic mass is 79.9. The van der Waals surface area contributed by atoms with E-state index >= 15 is 0 Å². The average Bonchev–Trinajstić information content (AvgIpc) is 2.32. The summed E-state index contributed by atoms with van der Waals surface area (Å²) >= 11 is 3.33. The molecule has 0 radical (unpaired) electrons. The zero-order chi connectivity index (χ0) is 14.4. The van der Waals surface area contributed by atoms with Crippen LogP contribution in [0.5, 0.6) is 0 Å². The highest BCUT2D eigenvalue weighted by molar-refractivity contribution is 9.10. The Morgan fingerprint density at radius 3 is 2.68 bits per heavy atom. The Bertz CT molecular complexity index is 479. The van der Waals surface area contributed by atoms with Crippen molar-refractivity contribution in [3.05, 3.63) is 28.2 Å². The molecule has 0 heterocycles. The first-order chi connectivity index (χ1) is 8.90. The second-order valence-corrected chi connectivity index (χ2v) is 4.86. The van der Waals surface area contributed by atoms with E-state index in [1.165, 1.54) is 0 Å². The van der Waals surface area contributed by atoms with Gasteiger partial charge in [-0.2, -0.15) is 0 Å². The Morgan fingerprint density at radius 2 is 2.11 bits per heavy atom. The van der Waals surface area contributed by atoms with Crippen LogP contribution in [-0.2, 0) is 4.79 Å². The summed E-state index contributed by atoms with van der Waals surface area (Å²) in [5.41, 5.74) is 1.67. The first kappa shape index (κ1) is 15.5. The Hall–Kier alpha value is -1.60. The number of carboxylic acid groups (broad SMARTS) is 1. The van der Waals surface area contributed by atoms with E-state index in [4.69, 9.17) is 10.2 Å². The van der Waals surface area contributed by atoms with Gasteiger partial charge < -0.3 is 20.8 Å². The molecule has 0 fully saturated rings. The van der Waals surface area contributed by atoms with Crippen LogP contribution in [0.25, 0.3) is 0 Å². The van der Waals surface area contributed by atoms with Crippen molar-refractivity contribution in [1.29, 1.82) is 0 Å². The molecule has 1 aromatic rings. The van der Waals surface area contributed by atoms with Crippen LogP contribution in [0.1, 0.15) is 12.0 Å². The van der Waals surface area contributed by atoms with Gasteiger partial charge in [0.2, 0.25) is 0 Å². The van der Waals surface area contributed by atoms with Gasteiger partial charge in [0.05, 0.1) is 5.69 Å². The summed E-state index contributed by atoms with van der Waals surface area (Å²) in [5, 5.41) is 22.6. The predicted molar refractivity (Wildman–Crippen MR) is 74.2 cm³/mol. The Morgan fingerprint density at radius 1 is 1.42 bits per heavy atom. The Labute approximate surface area is 118 Å². The molecule has 0 aliphatic carbocycles. The minimum atomic E-state index is -1.47. The molecule has 7 heteroatoms. The number of aliphatic hydroxyl groups is 1. The van der Waals surface area contributed by atoms with Crippen molar-refractivity contribution in [3.63, 3.8) is 0 Å². The molecule has 0 spiro atoms. The molecule has 1 aromatic carbocycles. The molecule has 0 aromatic heterocycles. The number of rotatable bonds is 5. The molecule has 4 N–H and O–H groups in total. The zero-order valence-corrected chi connectivity index (χ0v) is 11.9. The second-order valence-electron chi connectivity index (χ2n) is 4.01. The Kier molecular flexibility index (Phi) is 5.78. The van der Waals surface area contributed by atoms with Gasteiger partial charge in [0.15, 0.2) is 6.10 Å². The monoisotopic (exact) mass is 330 g/mol. The zero-order valence-electron chi connectivity index (χ0n) is 10.3. The number of aliphatic carboxylic acids is 1. The lowest BCUT2D eigenvalue weighted by atomic mass is 10.2. The van der Waals surface area contributed by atoms with Crippen LogP contribution >= 0.6 is 15.9 Å². The lowest BCUT2D eigenvalue weighted by molar-refractivity contribution is -0.146. The SMILES string of the molecule is Cc1ccc(NC(=O)NCCC(O)C(=O)O)c(Br)c1. The second kappa shape index (κ2) is 7.10. The third-order valence-electron chi connectivity index (χ3n) is 2.36. The molecule has 0 aliphatic rings. The summed E-state index contributed by atoms with van der Waals surface area (Å²) in [7, 11) is 0. The molecule has 6 nitrogen and oxygen atoms in total. The molecule has 0 bridgehead atoms. The van der Waals surface area contributed by atoms with Gasteiger partial charge in [0.1, 0.15) is 0 Å². The first-order valence-electron chi connectivity index (χ1n) is 5.62. The summed E-state index contributed by atoms with van der Waals surface area (Å²) in [6.45, 7) is 2.00. The van der Waals surface area contributed by atoms with Crippen molar-refractivity contribution in [2.24, 2.45) is 0 Å². The molecular formula is C12H15BrN2O4. The fourth-order valence-corrected chi connectivity index (χ4v) is 1.93. The van der Waals surface area contributed by atoms with Crippen molar-refractivity contribution >= 4 is 33.6 Å². The molecular weight excluding hydrogens is 316 g/mol. The third kappa shape index (κ3) is 5.27. The van der Waals surface area contributed by atoms with Gasteiger partial charge in [0, 0.05) is 17.4 Å². The van der Waals surface area contributed by atoms with E-state index in [0.29, 0.717) is 5.69 Å². The maximum Gasteiger partial charge on any atom is 0.332 e. The number of carbonyl (C=O) groups is 2. The number of carbonyl (C=O) groups excluding carboxylic acids is 1. The van der Waals surface area contributed by atoms with Crippen LogP contribution in [-0.4, -0.2) is 34.9 Å². The van der Waals surface area contributed by atoms with Gasteiger partial charge in [-0.05, 0) is 40.5 Å². The van der Waals surface area contributed by atoms with Crippen LogP contribution in [0.15, 0.2) is 22.7 Å². The van der Waals surface area contributed by atoms with Gasteiger partial charge in [-0.3, -0.25) is 0 Å². The number of aliphatic hydroxyl groups excluding tert-OH is 1. The number of urea groups is 1. The van der Waals surface area contributed by atoms with Crippen molar-refractivity contribution in [2.75, 3.05) is 11.9 Å². The number of nitrogens with one attached hydrogen (secondary N) is 2. The molecule has 0 saturated heterocycles. The van der Waals surface area contributed by atoms with Crippen LogP contribution in [0, 0.1) is 6.92 Å². The van der Waals surface area contributed by atoms with Crippen molar-refractivity contribution in [1.82, 2.24) is 5.32 Å². The van der Waals surface area contributed by atoms with E-state index < -0.39 is 18.1 Å². The highest BCUT2D eigenvalue weighted by Gasteiger charge is 2.13. The molecule has 0 aliphatic heterocycles. The van der Waals surface area contributed by atoms with Crippen LogP contribution < -0.4 is 10.6 Å². The third-order valence-corrected chi connectivity index (χ3v) is 3.02. The predicted octanol–water partition coefficient (Wildman–Crippen LogP) is 1.71. The van der Waals surface area contributed by atoms with Gasteiger partial charge >= 0.3 is 12.0 Å². The van der Waals surface area contributed by atoms with E-state index in [1.807, 2.05) is 19.1 Å². The van der Waals surface area contributed by atoms with Crippen molar-refractivity contribution < 1.29 is 19.8 Å². The average molecular weight is 331 g/mol. The lowest BCUT2D eigenvalue weighted by Gasteiger charge is -2.10. The quantitative estimate of drug-likeness (QED) is 0.660. The van der Waals surface area contributed by atoms with E-state index in [2.05, 4.69) is 26.6 Å².